The summed E-state index contributed by atoms with van der Waals surface area (Å²) in [5.74, 6) is -0.960. The van der Waals surface area contributed by atoms with Gasteiger partial charge in [-0.1, -0.05) is 66.4 Å². The molecule has 2 aromatic rings. The van der Waals surface area contributed by atoms with Gasteiger partial charge in [0.05, 0.1) is 12.7 Å². The SMILES string of the molecule is COC(=O)/C(=C(\[O-])c1ccccc1)c1ccccc1.[Na+]. The Kier molecular flexibility index (Phi) is 6.52. The van der Waals surface area contributed by atoms with Crippen molar-refractivity contribution in [1.29, 1.82) is 0 Å². The van der Waals surface area contributed by atoms with E-state index in [1.807, 2.05) is 12.1 Å². The van der Waals surface area contributed by atoms with E-state index in [0.717, 1.165) is 0 Å². The second-order valence-electron chi connectivity index (χ2n) is 3.93. The van der Waals surface area contributed by atoms with Gasteiger partial charge in [-0.15, -0.1) is 0 Å². The maximum atomic E-state index is 12.4. The number of carbonyl (C=O) groups excluding carboxylic acids is 1. The Morgan fingerprint density at radius 3 is 1.80 bits per heavy atom. The molecule has 2 rings (SSSR count). The number of hydrogen-bond donors (Lipinski definition) is 0. The molecule has 0 saturated carbocycles. The van der Waals surface area contributed by atoms with Crippen LogP contribution in [0.3, 0.4) is 0 Å². The van der Waals surface area contributed by atoms with E-state index in [-0.39, 0.29) is 40.9 Å². The molecule has 0 atom stereocenters. The van der Waals surface area contributed by atoms with Crippen molar-refractivity contribution in [2.45, 2.75) is 0 Å². The van der Waals surface area contributed by atoms with E-state index < -0.39 is 5.97 Å². The summed E-state index contributed by atoms with van der Waals surface area (Å²) in [5, 5.41) is 12.4. The van der Waals surface area contributed by atoms with Gasteiger partial charge in [-0.25, -0.2) is 4.79 Å². The maximum absolute atomic E-state index is 12.4. The average molecular weight is 276 g/mol. The van der Waals surface area contributed by atoms with E-state index in [2.05, 4.69) is 0 Å². The maximum Gasteiger partial charge on any atom is 1.00 e. The van der Waals surface area contributed by atoms with Crippen molar-refractivity contribution >= 4 is 17.3 Å². The minimum Gasteiger partial charge on any atom is -0.871 e. The molecule has 0 aliphatic carbocycles. The molecule has 0 amide bonds. The van der Waals surface area contributed by atoms with Gasteiger partial charge in [-0.2, -0.15) is 0 Å². The number of methoxy groups -OCH3 is 1. The summed E-state index contributed by atoms with van der Waals surface area (Å²) in [6.07, 6.45) is 0. The molecule has 0 spiro atoms. The Bertz CT molecular complexity index is 592. The largest absolute Gasteiger partial charge is 1.00 e. The molecule has 96 valence electrons. The molecule has 0 unspecified atom stereocenters. The number of hydrogen-bond acceptors (Lipinski definition) is 3. The fourth-order valence-electron chi connectivity index (χ4n) is 1.78. The van der Waals surface area contributed by atoms with Crippen molar-refractivity contribution in [2.75, 3.05) is 7.11 Å². The minimum absolute atomic E-state index is 0. The first kappa shape index (κ1) is 16.5. The van der Waals surface area contributed by atoms with Gasteiger partial charge in [-0.3, -0.25) is 0 Å². The predicted molar refractivity (Wildman–Crippen MR) is 71.7 cm³/mol. The summed E-state index contributed by atoms with van der Waals surface area (Å²) in [6.45, 7) is 0. The third-order valence-corrected chi connectivity index (χ3v) is 2.72. The first-order valence-corrected chi connectivity index (χ1v) is 5.84. The van der Waals surface area contributed by atoms with Gasteiger partial charge in [0.1, 0.15) is 0 Å². The van der Waals surface area contributed by atoms with Crippen LogP contribution in [0.1, 0.15) is 11.1 Å². The van der Waals surface area contributed by atoms with Gasteiger partial charge in [0.2, 0.25) is 0 Å². The zero-order chi connectivity index (χ0) is 13.7. The topological polar surface area (TPSA) is 49.4 Å². The van der Waals surface area contributed by atoms with Gasteiger partial charge in [-0.05, 0) is 11.1 Å². The second kappa shape index (κ2) is 7.90. The van der Waals surface area contributed by atoms with Crippen LogP contribution in [0.5, 0.6) is 0 Å². The number of benzene rings is 2. The molecular formula is C16H13NaO3. The molecule has 2 aromatic carbocycles. The molecule has 0 heterocycles. The van der Waals surface area contributed by atoms with E-state index >= 15 is 0 Å². The number of carbonyl (C=O) groups is 1. The van der Waals surface area contributed by atoms with Crippen molar-refractivity contribution in [3.05, 3.63) is 71.8 Å². The molecule has 0 N–H and O–H groups in total. The fraction of sp³-hybridized carbons (Fsp3) is 0.0625. The summed E-state index contributed by atoms with van der Waals surface area (Å²) < 4.78 is 4.71. The van der Waals surface area contributed by atoms with E-state index in [1.165, 1.54) is 7.11 Å². The molecule has 0 saturated heterocycles. The monoisotopic (exact) mass is 276 g/mol. The van der Waals surface area contributed by atoms with Crippen LogP contribution in [0.15, 0.2) is 60.7 Å². The van der Waals surface area contributed by atoms with E-state index in [1.54, 1.807) is 48.5 Å². The number of ether oxygens (including phenoxy) is 1. The molecule has 0 bridgehead atoms. The predicted octanol–water partition coefficient (Wildman–Crippen LogP) is -0.908. The Hall–Kier alpha value is -1.55. The van der Waals surface area contributed by atoms with Gasteiger partial charge in [0, 0.05) is 0 Å². The summed E-state index contributed by atoms with van der Waals surface area (Å²) in [5.41, 5.74) is 1.07. The molecule has 0 aliphatic heterocycles. The second-order valence-corrected chi connectivity index (χ2v) is 3.93. The normalized spacial score (nSPS) is 11.1. The Balaban J connectivity index is 0.00000200. The average Bonchev–Trinajstić information content (AvgIpc) is 2.49. The quantitative estimate of drug-likeness (QED) is 0.240. The van der Waals surface area contributed by atoms with Crippen LogP contribution < -0.4 is 34.7 Å². The van der Waals surface area contributed by atoms with Crippen LogP contribution in [0.2, 0.25) is 0 Å². The van der Waals surface area contributed by atoms with Gasteiger partial charge >= 0.3 is 35.5 Å². The molecule has 0 aliphatic rings. The van der Waals surface area contributed by atoms with Crippen LogP contribution in [-0.2, 0) is 9.53 Å². The van der Waals surface area contributed by atoms with Crippen LogP contribution in [-0.4, -0.2) is 13.1 Å². The van der Waals surface area contributed by atoms with E-state index in [4.69, 9.17) is 4.74 Å². The number of rotatable bonds is 3. The van der Waals surface area contributed by atoms with Crippen molar-refractivity contribution < 1.29 is 44.2 Å². The molecule has 0 radical (unpaired) electrons. The van der Waals surface area contributed by atoms with Crippen molar-refractivity contribution in [1.82, 2.24) is 0 Å². The fourth-order valence-corrected chi connectivity index (χ4v) is 1.78. The molecule has 3 nitrogen and oxygen atoms in total. The first-order valence-electron chi connectivity index (χ1n) is 5.84. The standard InChI is InChI=1S/C16H14O3.Na/c1-19-16(18)14(12-8-4-2-5-9-12)15(17)13-10-6-3-7-11-13;/h2-11,17H,1H3;/q;+1/p-1/b15-14-;. The summed E-state index contributed by atoms with van der Waals surface area (Å²) in [4.78, 5) is 11.8. The third-order valence-electron chi connectivity index (χ3n) is 2.72. The Morgan fingerprint density at radius 2 is 1.35 bits per heavy atom. The molecular weight excluding hydrogens is 263 g/mol. The summed E-state index contributed by atoms with van der Waals surface area (Å²) >= 11 is 0. The molecule has 0 aromatic heterocycles. The molecule has 4 heteroatoms. The van der Waals surface area contributed by atoms with Crippen molar-refractivity contribution in [2.24, 2.45) is 0 Å². The minimum atomic E-state index is -0.625. The van der Waals surface area contributed by atoms with Crippen molar-refractivity contribution in [3.8, 4) is 0 Å². The van der Waals surface area contributed by atoms with Gasteiger partial charge in [0.25, 0.3) is 0 Å². The first-order chi connectivity index (χ1) is 9.24. The zero-order valence-corrected chi connectivity index (χ0v) is 13.5. The zero-order valence-electron chi connectivity index (χ0n) is 11.5. The van der Waals surface area contributed by atoms with E-state index in [0.29, 0.717) is 11.1 Å². The van der Waals surface area contributed by atoms with Crippen LogP contribution in [0.4, 0.5) is 0 Å². The Morgan fingerprint density at radius 1 is 0.900 bits per heavy atom. The van der Waals surface area contributed by atoms with Crippen LogP contribution in [0, 0.1) is 0 Å². The number of esters is 1. The van der Waals surface area contributed by atoms with Crippen LogP contribution >= 0.6 is 0 Å². The smallest absolute Gasteiger partial charge is 0.871 e. The van der Waals surface area contributed by atoms with Gasteiger partial charge in [0.15, 0.2) is 0 Å². The molecule has 20 heavy (non-hydrogen) atoms. The third kappa shape index (κ3) is 3.73. The van der Waals surface area contributed by atoms with Gasteiger partial charge < -0.3 is 9.84 Å². The molecule has 0 fully saturated rings. The summed E-state index contributed by atoms with van der Waals surface area (Å²) in [7, 11) is 1.27. The Labute approximate surface area is 140 Å². The van der Waals surface area contributed by atoms with E-state index in [9.17, 15) is 9.90 Å². The summed E-state index contributed by atoms with van der Waals surface area (Å²) in [6, 6.07) is 17.5. The van der Waals surface area contributed by atoms with Crippen molar-refractivity contribution in [3.63, 3.8) is 0 Å². The van der Waals surface area contributed by atoms with Crippen LogP contribution in [0.25, 0.3) is 11.3 Å².